The van der Waals surface area contributed by atoms with Crippen molar-refractivity contribution < 1.29 is 20.1 Å². The van der Waals surface area contributed by atoms with Crippen LogP contribution in [0, 0.1) is 0 Å². The number of aliphatic hydroxyl groups excluding tert-OH is 3. The van der Waals surface area contributed by atoms with Gasteiger partial charge in [-0.2, -0.15) is 0 Å². The van der Waals surface area contributed by atoms with Crippen LogP contribution in [-0.4, -0.2) is 46.1 Å². The molecule has 3 unspecified atom stereocenters. The molecule has 0 fully saturated rings. The van der Waals surface area contributed by atoms with E-state index in [0.717, 1.165) is 51.4 Å². The first-order valence-corrected chi connectivity index (χ1v) is 27.6. The number of nitrogens with one attached hydrogen (secondary N) is 1. The molecule has 0 radical (unpaired) electrons. The Morgan fingerprint density at radius 3 is 1.06 bits per heavy atom. The number of hydrogen-bond acceptors (Lipinski definition) is 4. The summed E-state index contributed by atoms with van der Waals surface area (Å²) in [5.41, 5.74) is 0. The lowest BCUT2D eigenvalue weighted by Crippen LogP contribution is -2.48. The number of amides is 1. The van der Waals surface area contributed by atoms with E-state index in [1.54, 1.807) is 6.08 Å². The molecule has 0 aliphatic heterocycles. The summed E-state index contributed by atoms with van der Waals surface area (Å²) in [5.74, 6) is -0.517. The third kappa shape index (κ3) is 47.8. The summed E-state index contributed by atoms with van der Waals surface area (Å²) in [7, 11) is 0. The molecule has 0 heterocycles. The predicted molar refractivity (Wildman–Crippen MR) is 277 cm³/mol. The maximum Gasteiger partial charge on any atom is 0.249 e. The third-order valence-electron chi connectivity index (χ3n) is 12.6. The predicted octanol–water partition coefficient (Wildman–Crippen LogP) is 17.0. The van der Waals surface area contributed by atoms with Crippen molar-refractivity contribution in [2.75, 3.05) is 6.61 Å². The van der Waals surface area contributed by atoms with E-state index in [1.165, 1.54) is 205 Å². The molecule has 0 saturated heterocycles. The Hall–Kier alpha value is -1.95. The van der Waals surface area contributed by atoms with E-state index < -0.39 is 24.2 Å². The van der Waals surface area contributed by atoms with Crippen molar-refractivity contribution in [3.8, 4) is 0 Å². The van der Waals surface area contributed by atoms with E-state index in [1.807, 2.05) is 6.08 Å². The molecule has 0 spiro atoms. The highest BCUT2D eigenvalue weighted by Crippen LogP contribution is 2.16. The van der Waals surface area contributed by atoms with Gasteiger partial charge in [0.05, 0.1) is 18.8 Å². The van der Waals surface area contributed by atoms with Gasteiger partial charge in [-0.25, -0.2) is 0 Å². The molecular weight excluding hydrogens is 775 g/mol. The lowest BCUT2D eigenvalue weighted by atomic mass is 10.0. The summed E-state index contributed by atoms with van der Waals surface area (Å²) in [6.45, 7) is 4.18. The summed E-state index contributed by atoms with van der Waals surface area (Å²) in [6, 6.07) is -0.825. The van der Waals surface area contributed by atoms with E-state index in [0.29, 0.717) is 6.42 Å². The average molecular weight is 882 g/mol. The normalized spacial score (nSPS) is 13.8. The second kappa shape index (κ2) is 52.7. The molecule has 368 valence electrons. The standard InChI is InChI=1S/C58H107NO4/c1-3-5-7-9-11-13-15-17-19-21-23-25-26-27-28-29-30-31-33-35-37-39-41-43-45-47-49-51-53-57(62)58(63)59-55(54-60)56(61)52-50-48-46-44-42-40-38-36-34-32-24-22-20-18-16-14-12-10-8-6-4-2/h23,25,27-28,34,36,42,44,50,52,55-57,60-62H,3-22,24,26,29-33,35,37-41,43,45-49,51,53-54H2,1-2H3,(H,59,63)/b25-23-,28-27-,36-34+,44-42+,52-50+. The van der Waals surface area contributed by atoms with Gasteiger partial charge in [0, 0.05) is 0 Å². The van der Waals surface area contributed by atoms with Crippen molar-refractivity contribution in [2.45, 2.75) is 295 Å². The quantitative estimate of drug-likeness (QED) is 0.0362. The van der Waals surface area contributed by atoms with Crippen LogP contribution in [0.1, 0.15) is 277 Å². The Bertz CT molecular complexity index is 1060. The maximum atomic E-state index is 12.5. The zero-order valence-corrected chi connectivity index (χ0v) is 42.0. The largest absolute Gasteiger partial charge is 0.394 e. The zero-order valence-electron chi connectivity index (χ0n) is 42.0. The van der Waals surface area contributed by atoms with Crippen LogP contribution in [-0.2, 0) is 4.79 Å². The molecule has 0 aromatic carbocycles. The highest BCUT2D eigenvalue weighted by molar-refractivity contribution is 5.80. The van der Waals surface area contributed by atoms with E-state index in [-0.39, 0.29) is 6.61 Å². The monoisotopic (exact) mass is 882 g/mol. The second-order valence-corrected chi connectivity index (χ2v) is 18.8. The summed E-state index contributed by atoms with van der Waals surface area (Å²) < 4.78 is 0. The van der Waals surface area contributed by atoms with Gasteiger partial charge in [0.1, 0.15) is 6.10 Å². The number of unbranched alkanes of at least 4 members (excludes halogenated alkanes) is 34. The molecule has 4 N–H and O–H groups in total. The lowest BCUT2D eigenvalue weighted by molar-refractivity contribution is -0.131. The Balaban J connectivity index is 3.65. The second-order valence-electron chi connectivity index (χ2n) is 18.8. The first-order chi connectivity index (χ1) is 31.1. The van der Waals surface area contributed by atoms with Crippen LogP contribution >= 0.6 is 0 Å². The Morgan fingerprint density at radius 1 is 0.397 bits per heavy atom. The van der Waals surface area contributed by atoms with Crippen molar-refractivity contribution in [3.63, 3.8) is 0 Å². The average Bonchev–Trinajstić information content (AvgIpc) is 3.29. The molecule has 0 saturated carbocycles. The fourth-order valence-electron chi connectivity index (χ4n) is 8.25. The molecular formula is C58H107NO4. The molecule has 63 heavy (non-hydrogen) atoms. The topological polar surface area (TPSA) is 89.8 Å². The van der Waals surface area contributed by atoms with Crippen molar-refractivity contribution in [3.05, 3.63) is 60.8 Å². The Morgan fingerprint density at radius 2 is 0.698 bits per heavy atom. The summed E-state index contributed by atoms with van der Waals surface area (Å²) in [5, 5.41) is 33.3. The van der Waals surface area contributed by atoms with Crippen LogP contribution in [0.3, 0.4) is 0 Å². The molecule has 5 heteroatoms. The van der Waals surface area contributed by atoms with Crippen LogP contribution in [0.5, 0.6) is 0 Å². The summed E-state index contributed by atoms with van der Waals surface area (Å²) in [4.78, 5) is 12.5. The van der Waals surface area contributed by atoms with Crippen LogP contribution in [0.4, 0.5) is 0 Å². The Kier molecular flexibility index (Phi) is 51.0. The van der Waals surface area contributed by atoms with Gasteiger partial charge in [-0.05, 0) is 77.0 Å². The van der Waals surface area contributed by atoms with E-state index in [4.69, 9.17) is 0 Å². The minimum atomic E-state index is -1.11. The molecule has 0 aromatic rings. The van der Waals surface area contributed by atoms with Crippen LogP contribution in [0.2, 0.25) is 0 Å². The fraction of sp³-hybridized carbons (Fsp3) is 0.810. The molecule has 0 aromatic heterocycles. The molecule has 0 bridgehead atoms. The Labute approximate surface area is 392 Å². The highest BCUT2D eigenvalue weighted by atomic mass is 16.3. The van der Waals surface area contributed by atoms with Gasteiger partial charge in [-0.1, -0.05) is 261 Å². The summed E-state index contributed by atoms with van der Waals surface area (Å²) >= 11 is 0. The number of carbonyl (C=O) groups is 1. The first kappa shape index (κ1) is 61.0. The van der Waals surface area contributed by atoms with Crippen LogP contribution in [0.15, 0.2) is 60.8 Å². The highest BCUT2D eigenvalue weighted by Gasteiger charge is 2.22. The van der Waals surface area contributed by atoms with Crippen molar-refractivity contribution in [1.29, 1.82) is 0 Å². The van der Waals surface area contributed by atoms with Gasteiger partial charge >= 0.3 is 0 Å². The number of allylic oxidation sites excluding steroid dienone is 9. The van der Waals surface area contributed by atoms with Gasteiger partial charge in [0.25, 0.3) is 0 Å². The van der Waals surface area contributed by atoms with Crippen molar-refractivity contribution in [2.24, 2.45) is 0 Å². The molecule has 0 rings (SSSR count). The minimum Gasteiger partial charge on any atom is -0.394 e. The van der Waals surface area contributed by atoms with Gasteiger partial charge < -0.3 is 20.6 Å². The number of hydrogen-bond donors (Lipinski definition) is 4. The maximum absolute atomic E-state index is 12.5. The third-order valence-corrected chi connectivity index (χ3v) is 12.6. The first-order valence-electron chi connectivity index (χ1n) is 27.6. The van der Waals surface area contributed by atoms with Crippen molar-refractivity contribution >= 4 is 5.91 Å². The van der Waals surface area contributed by atoms with E-state index >= 15 is 0 Å². The van der Waals surface area contributed by atoms with Crippen LogP contribution < -0.4 is 5.32 Å². The van der Waals surface area contributed by atoms with E-state index in [9.17, 15) is 20.1 Å². The molecule has 0 aliphatic carbocycles. The van der Waals surface area contributed by atoms with E-state index in [2.05, 4.69) is 67.8 Å². The van der Waals surface area contributed by atoms with Crippen molar-refractivity contribution in [1.82, 2.24) is 5.32 Å². The van der Waals surface area contributed by atoms with Gasteiger partial charge in [-0.3, -0.25) is 4.79 Å². The molecule has 3 atom stereocenters. The van der Waals surface area contributed by atoms with Gasteiger partial charge in [0.15, 0.2) is 0 Å². The molecule has 1 amide bonds. The number of aliphatic hydroxyl groups is 3. The SMILES string of the molecule is CCCCCCCCCCC/C=C\C/C=C\CCCCCCCCCCCCCCC(O)C(=O)NC(CO)C(O)/C=C/CC/C=C/CC/C=C/CCCCCCCCCCCCC. The summed E-state index contributed by atoms with van der Waals surface area (Å²) in [6.07, 6.45) is 71.5. The minimum absolute atomic E-state index is 0.383. The molecule has 0 aliphatic rings. The van der Waals surface area contributed by atoms with Crippen LogP contribution in [0.25, 0.3) is 0 Å². The molecule has 5 nitrogen and oxygen atoms in total. The lowest BCUT2D eigenvalue weighted by Gasteiger charge is -2.21. The van der Waals surface area contributed by atoms with Gasteiger partial charge in [-0.15, -0.1) is 0 Å². The number of carbonyl (C=O) groups excluding carboxylic acids is 1. The number of rotatable bonds is 50. The fourth-order valence-corrected chi connectivity index (χ4v) is 8.25. The smallest absolute Gasteiger partial charge is 0.249 e. The zero-order chi connectivity index (χ0) is 45.8. The van der Waals surface area contributed by atoms with Gasteiger partial charge in [0.2, 0.25) is 5.91 Å².